The first-order valence-corrected chi connectivity index (χ1v) is 6.33. The number of ether oxygens (including phenoxy) is 1. The van der Waals surface area contributed by atoms with Crippen LogP contribution in [0.4, 0.5) is 0 Å². The molecule has 4 nitrogen and oxygen atoms in total. The van der Waals surface area contributed by atoms with Crippen molar-refractivity contribution in [3.05, 3.63) is 23.8 Å². The van der Waals surface area contributed by atoms with E-state index in [1.165, 1.54) is 6.08 Å². The molecule has 0 bridgehead atoms. The second-order valence-corrected chi connectivity index (χ2v) is 4.59. The fraction of sp³-hybridized carbons (Fsp3) is 0.455. The molecule has 1 aliphatic rings. The van der Waals surface area contributed by atoms with Gasteiger partial charge in [-0.25, -0.2) is 9.59 Å². The van der Waals surface area contributed by atoms with Gasteiger partial charge in [0.15, 0.2) is 0 Å². The second-order valence-electron chi connectivity index (χ2n) is 3.60. The predicted molar refractivity (Wildman–Crippen MR) is 63.9 cm³/mol. The molecule has 5 heteroatoms. The van der Waals surface area contributed by atoms with E-state index in [4.69, 9.17) is 5.73 Å². The van der Waals surface area contributed by atoms with Crippen LogP contribution in [0, 0.1) is 0 Å². The largest absolute Gasteiger partial charge is 0.386 e. The van der Waals surface area contributed by atoms with Gasteiger partial charge >= 0.3 is 11.9 Å². The van der Waals surface area contributed by atoms with Crippen molar-refractivity contribution in [3.8, 4) is 0 Å². The first-order valence-electron chi connectivity index (χ1n) is 4.93. The van der Waals surface area contributed by atoms with Crippen molar-refractivity contribution in [2.75, 3.05) is 12.0 Å². The highest BCUT2D eigenvalue weighted by Gasteiger charge is 2.24. The summed E-state index contributed by atoms with van der Waals surface area (Å²) in [5.41, 5.74) is 6.98. The Bertz CT molecular complexity index is 349. The van der Waals surface area contributed by atoms with Crippen molar-refractivity contribution in [2.24, 2.45) is 5.73 Å². The number of carbonyl (C=O) groups excluding carboxylic acids is 2. The van der Waals surface area contributed by atoms with Crippen LogP contribution in [0.3, 0.4) is 0 Å². The summed E-state index contributed by atoms with van der Waals surface area (Å²) in [7, 11) is 0. The summed E-state index contributed by atoms with van der Waals surface area (Å²) in [5.74, 6) is -0.239. The molecule has 1 rings (SSSR count). The molecule has 0 saturated carbocycles. The van der Waals surface area contributed by atoms with Crippen LogP contribution in [0.5, 0.6) is 0 Å². The van der Waals surface area contributed by atoms with Crippen LogP contribution in [0.2, 0.25) is 0 Å². The molecule has 16 heavy (non-hydrogen) atoms. The zero-order valence-electron chi connectivity index (χ0n) is 9.19. The monoisotopic (exact) mass is 241 g/mol. The third kappa shape index (κ3) is 3.50. The minimum absolute atomic E-state index is 0.142. The third-order valence-electron chi connectivity index (χ3n) is 2.32. The molecule has 1 heterocycles. The number of thioether (sulfide) groups is 1. The fourth-order valence-electron chi connectivity index (χ4n) is 1.34. The molecule has 2 N–H and O–H groups in total. The summed E-state index contributed by atoms with van der Waals surface area (Å²) in [6, 6.07) is -0.142. The lowest BCUT2D eigenvalue weighted by Gasteiger charge is -2.13. The van der Waals surface area contributed by atoms with Crippen LogP contribution in [-0.2, 0) is 14.3 Å². The van der Waals surface area contributed by atoms with Gasteiger partial charge in [-0.3, -0.25) is 0 Å². The zero-order valence-corrected chi connectivity index (χ0v) is 10.0. The molecule has 0 aliphatic carbocycles. The van der Waals surface area contributed by atoms with E-state index in [-0.39, 0.29) is 6.04 Å². The summed E-state index contributed by atoms with van der Waals surface area (Å²) in [5, 5.41) is 0. The molecule has 0 fully saturated rings. The highest BCUT2D eigenvalue weighted by atomic mass is 32.2. The quantitative estimate of drug-likeness (QED) is 0.427. The molecule has 1 aliphatic heterocycles. The first-order chi connectivity index (χ1) is 7.54. The van der Waals surface area contributed by atoms with E-state index in [1.54, 1.807) is 11.8 Å². The third-order valence-corrected chi connectivity index (χ3v) is 2.97. The Hall–Kier alpha value is -1.07. The van der Waals surface area contributed by atoms with Gasteiger partial charge in [-0.2, -0.15) is 11.8 Å². The van der Waals surface area contributed by atoms with Crippen molar-refractivity contribution in [1.82, 2.24) is 0 Å². The maximum Gasteiger partial charge on any atom is 0.342 e. The summed E-state index contributed by atoms with van der Waals surface area (Å²) in [6.45, 7) is 3.84. The van der Waals surface area contributed by atoms with Gasteiger partial charge in [-0.05, 0) is 18.4 Å². The van der Waals surface area contributed by atoms with E-state index >= 15 is 0 Å². The van der Waals surface area contributed by atoms with E-state index in [2.05, 4.69) is 11.3 Å². The van der Waals surface area contributed by atoms with Crippen LogP contribution >= 0.6 is 11.8 Å². The molecule has 0 unspecified atom stereocenters. The van der Waals surface area contributed by atoms with Crippen LogP contribution < -0.4 is 5.73 Å². The molecule has 0 aromatic carbocycles. The lowest BCUT2D eigenvalue weighted by molar-refractivity contribution is -0.150. The minimum atomic E-state index is -0.606. The maximum atomic E-state index is 11.2. The molecule has 0 amide bonds. The molecular formula is C11H15NO3S. The molecule has 1 atom stereocenters. The fourth-order valence-corrected chi connectivity index (χ4v) is 1.83. The van der Waals surface area contributed by atoms with Crippen LogP contribution in [0.25, 0.3) is 0 Å². The Labute approximate surface area is 98.9 Å². The van der Waals surface area contributed by atoms with Gasteiger partial charge in [0.05, 0.1) is 0 Å². The van der Waals surface area contributed by atoms with Crippen LogP contribution in [0.15, 0.2) is 23.8 Å². The Morgan fingerprint density at radius 1 is 1.62 bits per heavy atom. The van der Waals surface area contributed by atoms with Gasteiger partial charge in [0.1, 0.15) is 0 Å². The van der Waals surface area contributed by atoms with E-state index in [0.717, 1.165) is 17.7 Å². The van der Waals surface area contributed by atoms with Crippen molar-refractivity contribution < 1.29 is 14.3 Å². The highest BCUT2D eigenvalue weighted by Crippen LogP contribution is 2.19. The van der Waals surface area contributed by atoms with Crippen LogP contribution in [-0.4, -0.2) is 30.0 Å². The van der Waals surface area contributed by atoms with Crippen molar-refractivity contribution >= 4 is 23.7 Å². The van der Waals surface area contributed by atoms with Gasteiger partial charge in [0.25, 0.3) is 0 Å². The summed E-state index contributed by atoms with van der Waals surface area (Å²) in [4.78, 5) is 22.0. The lowest BCUT2D eigenvalue weighted by Crippen LogP contribution is -2.23. The van der Waals surface area contributed by atoms with E-state index in [9.17, 15) is 9.59 Å². The maximum absolute atomic E-state index is 11.2. The van der Waals surface area contributed by atoms with Crippen molar-refractivity contribution in [1.29, 1.82) is 0 Å². The topological polar surface area (TPSA) is 69.4 Å². The number of esters is 2. The Morgan fingerprint density at radius 3 is 2.81 bits per heavy atom. The molecule has 0 aromatic rings. The van der Waals surface area contributed by atoms with E-state index in [1.807, 2.05) is 6.26 Å². The first kappa shape index (κ1) is 13.0. The van der Waals surface area contributed by atoms with Crippen molar-refractivity contribution in [2.45, 2.75) is 18.9 Å². The van der Waals surface area contributed by atoms with Crippen LogP contribution in [0.1, 0.15) is 12.8 Å². The van der Waals surface area contributed by atoms with Gasteiger partial charge < -0.3 is 10.5 Å². The number of nitrogens with two attached hydrogens (primary N) is 1. The number of hydrogen-bond donors (Lipinski definition) is 1. The zero-order chi connectivity index (χ0) is 12.1. The van der Waals surface area contributed by atoms with Gasteiger partial charge in [-0.15, -0.1) is 0 Å². The standard InChI is InChI=1S/C11H15NO3S/c1-7(9(12)3-4-16-2)5-8-6-10(13)15-11(8)14/h6,9H,1,3-5,12H2,2H3/t9-/m0/s1. The Kier molecular flexibility index (Phi) is 4.76. The molecule has 0 radical (unpaired) electrons. The minimum Gasteiger partial charge on any atom is -0.386 e. The number of rotatable bonds is 6. The number of hydrogen-bond acceptors (Lipinski definition) is 5. The molecule has 88 valence electrons. The molecular weight excluding hydrogens is 226 g/mol. The smallest absolute Gasteiger partial charge is 0.342 e. The molecule has 0 aromatic heterocycles. The SMILES string of the molecule is C=C(CC1=CC(=O)OC1=O)[C@@H](N)CCSC. The average molecular weight is 241 g/mol. The molecule has 0 spiro atoms. The van der Waals surface area contributed by atoms with Gasteiger partial charge in [0, 0.05) is 24.1 Å². The molecule has 0 saturated heterocycles. The Balaban J connectivity index is 2.48. The lowest BCUT2D eigenvalue weighted by atomic mass is 9.99. The normalized spacial score (nSPS) is 17.0. The number of cyclic esters (lactones) is 2. The second kappa shape index (κ2) is 5.86. The van der Waals surface area contributed by atoms with Gasteiger partial charge in [0.2, 0.25) is 0 Å². The summed E-state index contributed by atoms with van der Waals surface area (Å²) >= 11 is 1.71. The number of carbonyl (C=O) groups is 2. The average Bonchev–Trinajstić information content (AvgIpc) is 2.53. The van der Waals surface area contributed by atoms with E-state index in [0.29, 0.717) is 12.0 Å². The highest BCUT2D eigenvalue weighted by molar-refractivity contribution is 7.98. The summed E-state index contributed by atoms with van der Waals surface area (Å²) < 4.78 is 4.38. The van der Waals surface area contributed by atoms with Gasteiger partial charge in [-0.1, -0.05) is 12.2 Å². The predicted octanol–water partition coefficient (Wildman–Crippen LogP) is 1.02. The summed E-state index contributed by atoms with van der Waals surface area (Å²) in [6.07, 6.45) is 4.34. The van der Waals surface area contributed by atoms with Crippen molar-refractivity contribution in [3.63, 3.8) is 0 Å². The van der Waals surface area contributed by atoms with E-state index < -0.39 is 11.9 Å². The Morgan fingerprint density at radius 2 is 2.31 bits per heavy atom.